The first-order valence-electron chi connectivity index (χ1n) is 21.0. The van der Waals surface area contributed by atoms with Crippen molar-refractivity contribution < 1.29 is 4.42 Å². The molecule has 0 N–H and O–H groups in total. The van der Waals surface area contributed by atoms with Crippen LogP contribution in [-0.4, -0.2) is 0 Å². The summed E-state index contributed by atoms with van der Waals surface area (Å²) < 4.78 is 6.93. The van der Waals surface area contributed by atoms with Crippen LogP contribution < -0.4 is 0 Å². The van der Waals surface area contributed by atoms with E-state index in [4.69, 9.17) is 4.42 Å². The highest BCUT2D eigenvalue weighted by Crippen LogP contribution is 2.57. The minimum Gasteiger partial charge on any atom is -0.455 e. The molecule has 280 valence electrons. The molecule has 0 saturated carbocycles. The van der Waals surface area contributed by atoms with Crippen LogP contribution in [0, 0.1) is 0 Å². The molecule has 0 aliphatic heterocycles. The molecule has 0 spiro atoms. The molecule has 0 atom stereocenters. The molecule has 0 amide bonds. The molecule has 0 saturated heterocycles. The van der Waals surface area contributed by atoms with E-state index in [-0.39, 0.29) is 5.41 Å². The van der Waals surface area contributed by atoms with Crippen molar-refractivity contribution in [3.63, 3.8) is 0 Å². The van der Waals surface area contributed by atoms with E-state index in [9.17, 15) is 0 Å². The van der Waals surface area contributed by atoms with Gasteiger partial charge in [0.05, 0.1) is 0 Å². The summed E-state index contributed by atoms with van der Waals surface area (Å²) in [6, 6.07) is 71.8. The maximum absolute atomic E-state index is 6.93. The van der Waals surface area contributed by atoms with Gasteiger partial charge in [0.25, 0.3) is 0 Å². The number of furan rings is 1. The number of fused-ring (bicyclic) bond motifs is 13. The third kappa shape index (κ3) is 4.58. The van der Waals surface area contributed by atoms with Gasteiger partial charge in [-0.15, -0.1) is 0 Å². The van der Waals surface area contributed by atoms with E-state index in [2.05, 4.69) is 208 Å². The molecule has 1 aliphatic carbocycles. The van der Waals surface area contributed by atoms with Gasteiger partial charge in [-0.25, -0.2) is 0 Å². The Bertz CT molecular complexity index is 3740. The molecule has 1 aromatic heterocycles. The summed E-state index contributed by atoms with van der Waals surface area (Å²) in [7, 11) is 0. The zero-order chi connectivity index (χ0) is 39.7. The van der Waals surface area contributed by atoms with E-state index in [1.165, 1.54) is 115 Å². The molecule has 11 aromatic carbocycles. The third-order valence-corrected chi connectivity index (χ3v) is 13.6. The van der Waals surface area contributed by atoms with Crippen molar-refractivity contribution in [2.45, 2.75) is 19.3 Å². The lowest BCUT2D eigenvalue weighted by Gasteiger charge is -2.23. The SMILES string of the molecule is CC1(C)c2ccccc2-c2c(-c3ccc4cc(-c5c6ccccc6c(-c6cccc7ccccc67)c6ccccc56)ccc4c3)cc3oc4c5ccccc5ccc4c3c21. The first-order valence-corrected chi connectivity index (χ1v) is 21.0. The van der Waals surface area contributed by atoms with E-state index >= 15 is 0 Å². The Balaban J connectivity index is 1.02. The normalized spacial score (nSPS) is 13.3. The van der Waals surface area contributed by atoms with Gasteiger partial charge in [0.2, 0.25) is 0 Å². The predicted molar refractivity (Wildman–Crippen MR) is 255 cm³/mol. The minimum atomic E-state index is -0.205. The van der Waals surface area contributed by atoms with Crippen molar-refractivity contribution in [1.82, 2.24) is 0 Å². The highest BCUT2D eigenvalue weighted by atomic mass is 16.3. The topological polar surface area (TPSA) is 13.1 Å². The van der Waals surface area contributed by atoms with Crippen molar-refractivity contribution in [2.24, 2.45) is 0 Å². The van der Waals surface area contributed by atoms with Crippen molar-refractivity contribution in [3.8, 4) is 44.5 Å². The molecule has 60 heavy (non-hydrogen) atoms. The Kier molecular flexibility index (Phi) is 6.85. The van der Waals surface area contributed by atoms with Crippen molar-refractivity contribution in [3.05, 3.63) is 205 Å². The van der Waals surface area contributed by atoms with Crippen LogP contribution in [0.25, 0.3) is 120 Å². The standard InChI is InChI=1S/C59H38O/c1-59(2)51-25-12-11-23-48(51)55-50(34-52-56(57(55)59)49-31-30-36-15-4-6-18-42(36)58(49)60-52)39-28-26-38-33-40(29-27-37(38)32-39)53-44-19-7-9-21-46(44)54(47-22-10-8-20-45(47)53)43-24-13-16-35-14-3-5-17-41(35)43/h3-34H,1-2H3. The number of hydrogen-bond acceptors (Lipinski definition) is 1. The Morgan fingerprint density at radius 2 is 0.883 bits per heavy atom. The Morgan fingerprint density at radius 1 is 0.350 bits per heavy atom. The summed E-state index contributed by atoms with van der Waals surface area (Å²) in [4.78, 5) is 0. The quantitative estimate of drug-likeness (QED) is 0.163. The summed E-state index contributed by atoms with van der Waals surface area (Å²) in [5.74, 6) is 0. The maximum Gasteiger partial charge on any atom is 0.143 e. The van der Waals surface area contributed by atoms with Crippen molar-refractivity contribution >= 4 is 75.8 Å². The minimum absolute atomic E-state index is 0.205. The molecular weight excluding hydrogens is 725 g/mol. The maximum atomic E-state index is 6.93. The number of rotatable bonds is 3. The summed E-state index contributed by atoms with van der Waals surface area (Å²) in [5.41, 5.74) is 14.5. The predicted octanol–water partition coefficient (Wildman–Crippen LogP) is 16.7. The van der Waals surface area contributed by atoms with Crippen LogP contribution in [0.5, 0.6) is 0 Å². The summed E-state index contributed by atoms with van der Waals surface area (Å²) in [6.07, 6.45) is 0. The molecular formula is C59H38O. The summed E-state index contributed by atoms with van der Waals surface area (Å²) in [5, 5.41) is 14.8. The molecule has 0 radical (unpaired) electrons. The van der Waals surface area contributed by atoms with E-state index in [0.717, 1.165) is 16.6 Å². The van der Waals surface area contributed by atoms with Gasteiger partial charge in [-0.2, -0.15) is 0 Å². The first kappa shape index (κ1) is 33.5. The molecule has 1 aliphatic rings. The fourth-order valence-corrected chi connectivity index (χ4v) is 10.9. The monoisotopic (exact) mass is 762 g/mol. The highest BCUT2D eigenvalue weighted by molar-refractivity contribution is 6.24. The summed E-state index contributed by atoms with van der Waals surface area (Å²) in [6.45, 7) is 4.76. The van der Waals surface area contributed by atoms with Crippen LogP contribution >= 0.6 is 0 Å². The lowest BCUT2D eigenvalue weighted by Crippen LogP contribution is -2.15. The Hall–Kier alpha value is -7.48. The average molecular weight is 763 g/mol. The molecule has 1 heteroatoms. The molecule has 0 unspecified atom stereocenters. The fraction of sp³-hybridized carbons (Fsp3) is 0.0508. The molecule has 13 rings (SSSR count). The molecule has 0 bridgehead atoms. The van der Waals surface area contributed by atoms with Crippen LogP contribution in [0.4, 0.5) is 0 Å². The van der Waals surface area contributed by atoms with Gasteiger partial charge < -0.3 is 4.42 Å². The van der Waals surface area contributed by atoms with Crippen LogP contribution in [0.3, 0.4) is 0 Å². The second kappa shape index (κ2) is 12.3. The second-order valence-electron chi connectivity index (χ2n) is 17.1. The Morgan fingerprint density at radius 3 is 1.62 bits per heavy atom. The first-order chi connectivity index (χ1) is 29.5. The number of benzene rings is 11. The molecule has 1 nitrogen and oxygen atoms in total. The second-order valence-corrected chi connectivity index (χ2v) is 17.1. The van der Waals surface area contributed by atoms with E-state index in [1.54, 1.807) is 0 Å². The molecule has 12 aromatic rings. The zero-order valence-corrected chi connectivity index (χ0v) is 33.4. The lowest BCUT2D eigenvalue weighted by atomic mass is 9.79. The third-order valence-electron chi connectivity index (χ3n) is 13.6. The fourth-order valence-electron chi connectivity index (χ4n) is 10.9. The van der Waals surface area contributed by atoms with Gasteiger partial charge in [-0.05, 0) is 128 Å². The van der Waals surface area contributed by atoms with E-state index < -0.39 is 0 Å². The van der Waals surface area contributed by atoms with Gasteiger partial charge in [0.1, 0.15) is 11.2 Å². The van der Waals surface area contributed by atoms with Gasteiger partial charge in [0.15, 0.2) is 0 Å². The zero-order valence-electron chi connectivity index (χ0n) is 33.4. The van der Waals surface area contributed by atoms with Crippen molar-refractivity contribution in [1.29, 1.82) is 0 Å². The average Bonchev–Trinajstić information content (AvgIpc) is 3.79. The van der Waals surface area contributed by atoms with Crippen molar-refractivity contribution in [2.75, 3.05) is 0 Å². The van der Waals surface area contributed by atoms with Crippen LogP contribution in [-0.2, 0) is 5.41 Å². The van der Waals surface area contributed by atoms with Gasteiger partial charge in [-0.1, -0.05) is 184 Å². The highest BCUT2D eigenvalue weighted by Gasteiger charge is 2.40. The number of hydrogen-bond donors (Lipinski definition) is 0. The molecule has 1 heterocycles. The lowest BCUT2D eigenvalue weighted by molar-refractivity contribution is 0.658. The van der Waals surface area contributed by atoms with Crippen LogP contribution in [0.2, 0.25) is 0 Å². The van der Waals surface area contributed by atoms with E-state index in [0.29, 0.717) is 0 Å². The summed E-state index contributed by atoms with van der Waals surface area (Å²) >= 11 is 0. The largest absolute Gasteiger partial charge is 0.455 e. The molecule has 0 fully saturated rings. The van der Waals surface area contributed by atoms with Gasteiger partial charge >= 0.3 is 0 Å². The van der Waals surface area contributed by atoms with Gasteiger partial charge in [0, 0.05) is 21.6 Å². The van der Waals surface area contributed by atoms with Crippen LogP contribution in [0.1, 0.15) is 25.0 Å². The van der Waals surface area contributed by atoms with E-state index in [1.807, 2.05) is 0 Å². The smallest absolute Gasteiger partial charge is 0.143 e. The van der Waals surface area contributed by atoms with Gasteiger partial charge in [-0.3, -0.25) is 0 Å². The van der Waals surface area contributed by atoms with Crippen LogP contribution in [0.15, 0.2) is 199 Å². The Labute approximate surface area is 347 Å².